The molecule has 150 valence electrons. The Morgan fingerprint density at radius 3 is 2.33 bits per heavy atom. The molecule has 6 nitrogen and oxygen atoms in total. The Morgan fingerprint density at radius 1 is 1.00 bits per heavy atom. The molecule has 2 heterocycles. The van der Waals surface area contributed by atoms with Crippen molar-refractivity contribution >= 4 is 23.3 Å². The first-order chi connectivity index (χ1) is 14.6. The second-order valence-electron chi connectivity index (χ2n) is 7.51. The summed E-state index contributed by atoms with van der Waals surface area (Å²) in [6.07, 6.45) is 2.98. The fourth-order valence-electron chi connectivity index (χ4n) is 3.76. The molecular formula is C24H22N4O2. The summed E-state index contributed by atoms with van der Waals surface area (Å²) in [5.74, 6) is -0.229. The molecule has 2 aromatic rings. The molecule has 0 aromatic heterocycles. The quantitative estimate of drug-likeness (QED) is 0.621. The van der Waals surface area contributed by atoms with Gasteiger partial charge in [-0.3, -0.25) is 9.59 Å². The summed E-state index contributed by atoms with van der Waals surface area (Å²) >= 11 is 0. The van der Waals surface area contributed by atoms with Gasteiger partial charge in [0.05, 0.1) is 5.70 Å². The summed E-state index contributed by atoms with van der Waals surface area (Å²) in [7, 11) is 0. The van der Waals surface area contributed by atoms with Gasteiger partial charge in [0, 0.05) is 29.8 Å². The van der Waals surface area contributed by atoms with Crippen LogP contribution in [0.1, 0.15) is 46.3 Å². The van der Waals surface area contributed by atoms with Gasteiger partial charge in [-0.1, -0.05) is 42.0 Å². The molecule has 0 spiro atoms. The van der Waals surface area contributed by atoms with Gasteiger partial charge in [-0.15, -0.1) is 0 Å². The minimum Gasteiger partial charge on any atom is -0.338 e. The normalized spacial score (nSPS) is 16.9. The summed E-state index contributed by atoms with van der Waals surface area (Å²) in [6, 6.07) is 16.6. The van der Waals surface area contributed by atoms with Crippen LogP contribution in [-0.4, -0.2) is 35.6 Å². The number of likely N-dealkylation sites (tertiary alicyclic amines) is 1. The predicted molar refractivity (Wildman–Crippen MR) is 115 cm³/mol. The smallest absolute Gasteiger partial charge is 0.266 e. The topological polar surface area (TPSA) is 85.6 Å². The van der Waals surface area contributed by atoms with E-state index in [9.17, 15) is 14.9 Å². The molecule has 0 aliphatic carbocycles. The van der Waals surface area contributed by atoms with Crippen LogP contribution in [0, 0.1) is 18.3 Å². The molecule has 30 heavy (non-hydrogen) atoms. The van der Waals surface area contributed by atoms with Gasteiger partial charge in [0.2, 0.25) is 0 Å². The summed E-state index contributed by atoms with van der Waals surface area (Å²) in [6.45, 7) is 3.26. The zero-order valence-electron chi connectivity index (χ0n) is 16.8. The molecule has 2 aromatic carbocycles. The van der Waals surface area contributed by atoms with Crippen molar-refractivity contribution < 1.29 is 9.59 Å². The van der Waals surface area contributed by atoms with Gasteiger partial charge in [0.25, 0.3) is 11.8 Å². The van der Waals surface area contributed by atoms with Crippen molar-refractivity contribution in [1.82, 2.24) is 10.2 Å². The van der Waals surface area contributed by atoms with E-state index in [2.05, 4.69) is 16.4 Å². The number of nitrogens with zero attached hydrogens (tertiary/aromatic N) is 3. The first-order valence-corrected chi connectivity index (χ1v) is 10.1. The van der Waals surface area contributed by atoms with Crippen LogP contribution in [0.5, 0.6) is 0 Å². The number of nitriles is 1. The molecule has 4 rings (SSSR count). The van der Waals surface area contributed by atoms with Gasteiger partial charge in [0.1, 0.15) is 17.5 Å². The Hall–Kier alpha value is -3.72. The lowest BCUT2D eigenvalue weighted by Gasteiger charge is -2.26. The van der Waals surface area contributed by atoms with Gasteiger partial charge in [-0.25, -0.2) is 4.99 Å². The van der Waals surface area contributed by atoms with E-state index in [0.29, 0.717) is 41.3 Å². The highest BCUT2D eigenvalue weighted by atomic mass is 16.2. The highest BCUT2D eigenvalue weighted by Crippen LogP contribution is 2.31. The number of rotatable bonds is 2. The molecule has 1 saturated heterocycles. The zero-order valence-corrected chi connectivity index (χ0v) is 16.8. The van der Waals surface area contributed by atoms with Crippen molar-refractivity contribution in [2.45, 2.75) is 26.2 Å². The summed E-state index contributed by atoms with van der Waals surface area (Å²) in [5.41, 5.74) is 3.30. The van der Waals surface area contributed by atoms with Gasteiger partial charge in [0.15, 0.2) is 0 Å². The number of nitrogens with one attached hydrogen (secondary N) is 1. The lowest BCUT2D eigenvalue weighted by atomic mass is 10.0. The number of amides is 2. The van der Waals surface area contributed by atoms with Crippen LogP contribution in [0.25, 0.3) is 5.70 Å². The van der Waals surface area contributed by atoms with Crippen LogP contribution in [-0.2, 0) is 4.79 Å². The second kappa shape index (κ2) is 8.34. The molecule has 0 atom stereocenters. The van der Waals surface area contributed by atoms with Crippen LogP contribution in [0.15, 0.2) is 59.1 Å². The van der Waals surface area contributed by atoms with E-state index in [4.69, 9.17) is 0 Å². The van der Waals surface area contributed by atoms with Crippen LogP contribution >= 0.6 is 0 Å². The fourth-order valence-corrected chi connectivity index (χ4v) is 3.76. The number of hydrogen-bond acceptors (Lipinski definition) is 4. The molecule has 2 amide bonds. The third-order valence-electron chi connectivity index (χ3n) is 5.41. The Balaban J connectivity index is 1.70. The van der Waals surface area contributed by atoms with Crippen molar-refractivity contribution in [2.75, 3.05) is 13.1 Å². The number of aliphatic imine (C=N–C) groups is 1. The Morgan fingerprint density at radius 2 is 1.67 bits per heavy atom. The Labute approximate surface area is 175 Å². The molecule has 2 aliphatic rings. The van der Waals surface area contributed by atoms with Crippen molar-refractivity contribution in [3.8, 4) is 6.07 Å². The van der Waals surface area contributed by atoms with Gasteiger partial charge in [-0.05, 0) is 38.3 Å². The summed E-state index contributed by atoms with van der Waals surface area (Å²) in [4.78, 5) is 31.9. The first kappa shape index (κ1) is 19.6. The zero-order chi connectivity index (χ0) is 21.1. The molecule has 2 aliphatic heterocycles. The fraction of sp³-hybridized carbons (Fsp3) is 0.250. The van der Waals surface area contributed by atoms with E-state index in [0.717, 1.165) is 24.8 Å². The number of amidine groups is 1. The van der Waals surface area contributed by atoms with Crippen molar-refractivity contribution in [2.24, 2.45) is 4.99 Å². The molecule has 1 N–H and O–H groups in total. The predicted octanol–water partition coefficient (Wildman–Crippen LogP) is 3.43. The molecule has 6 heteroatoms. The van der Waals surface area contributed by atoms with Crippen LogP contribution < -0.4 is 5.32 Å². The minimum atomic E-state index is -0.295. The van der Waals surface area contributed by atoms with Crippen LogP contribution in [0.3, 0.4) is 0 Å². The lowest BCUT2D eigenvalue weighted by molar-refractivity contribution is -0.127. The first-order valence-electron chi connectivity index (χ1n) is 10.1. The number of benzene rings is 2. The number of aryl methyl sites for hydroxylation is 1. The third-order valence-corrected chi connectivity index (χ3v) is 5.41. The number of carbonyl (C=O) groups excluding carboxylic acids is 2. The number of fused-ring (bicyclic) bond motifs is 1. The standard InChI is InChI=1S/C24H22N4O2/c1-16-9-11-17(12-10-16)23(29)27-22-19-8-4-3-7-18(19)21(26-22)20(15-25)24(30)28-13-5-2-6-14-28/h3-4,7-12H,2,5-6,13-14H2,1H3,(H,26,27,29). The SMILES string of the molecule is Cc1ccc(C(=O)NC2=NC(=C(C#N)C(=O)N3CCCCC3)c3ccccc32)cc1. The molecule has 1 fully saturated rings. The maximum absolute atomic E-state index is 13.0. The minimum absolute atomic E-state index is 0.0175. The molecule has 0 unspecified atom stereocenters. The van der Waals surface area contributed by atoms with E-state index >= 15 is 0 Å². The summed E-state index contributed by atoms with van der Waals surface area (Å²) in [5, 5.41) is 12.6. The lowest BCUT2D eigenvalue weighted by Crippen LogP contribution is -2.36. The third kappa shape index (κ3) is 3.74. The highest BCUT2D eigenvalue weighted by Gasteiger charge is 2.29. The van der Waals surface area contributed by atoms with Crippen molar-refractivity contribution in [3.05, 3.63) is 76.4 Å². The monoisotopic (exact) mass is 398 g/mol. The van der Waals surface area contributed by atoms with Gasteiger partial charge < -0.3 is 10.2 Å². The average molecular weight is 398 g/mol. The van der Waals surface area contributed by atoms with E-state index in [1.807, 2.05) is 43.3 Å². The number of carbonyl (C=O) groups is 2. The highest BCUT2D eigenvalue weighted by molar-refractivity contribution is 6.20. The van der Waals surface area contributed by atoms with Crippen molar-refractivity contribution in [1.29, 1.82) is 5.26 Å². The van der Waals surface area contributed by atoms with Crippen LogP contribution in [0.2, 0.25) is 0 Å². The van der Waals surface area contributed by atoms with Gasteiger partial charge >= 0.3 is 0 Å². The maximum atomic E-state index is 13.0. The number of piperidine rings is 1. The maximum Gasteiger partial charge on any atom is 0.266 e. The van der Waals surface area contributed by atoms with E-state index in [-0.39, 0.29) is 17.4 Å². The van der Waals surface area contributed by atoms with E-state index in [1.54, 1.807) is 17.0 Å². The molecule has 0 saturated carbocycles. The Bertz CT molecular complexity index is 1100. The van der Waals surface area contributed by atoms with Crippen LogP contribution in [0.4, 0.5) is 0 Å². The average Bonchev–Trinajstić information content (AvgIpc) is 3.13. The molecule has 0 radical (unpaired) electrons. The second-order valence-corrected chi connectivity index (χ2v) is 7.51. The van der Waals surface area contributed by atoms with Crippen molar-refractivity contribution in [3.63, 3.8) is 0 Å². The number of hydrogen-bond donors (Lipinski definition) is 1. The summed E-state index contributed by atoms with van der Waals surface area (Å²) < 4.78 is 0. The van der Waals surface area contributed by atoms with E-state index < -0.39 is 0 Å². The largest absolute Gasteiger partial charge is 0.338 e. The molecular weight excluding hydrogens is 376 g/mol. The van der Waals surface area contributed by atoms with E-state index in [1.165, 1.54) is 0 Å². The molecule has 0 bridgehead atoms. The van der Waals surface area contributed by atoms with Gasteiger partial charge in [-0.2, -0.15) is 5.26 Å². The Kier molecular flexibility index (Phi) is 5.44.